The van der Waals surface area contributed by atoms with Gasteiger partial charge in [-0.05, 0) is 42.0 Å². The maximum Gasteiger partial charge on any atom is 0.258 e. The number of aromatic nitrogens is 4. The Morgan fingerprint density at radius 1 is 0.917 bits per heavy atom. The Bertz CT molecular complexity index is 1550. The van der Waals surface area contributed by atoms with E-state index in [2.05, 4.69) is 20.1 Å². The summed E-state index contributed by atoms with van der Waals surface area (Å²) in [5.74, 6) is 1.10. The molecule has 1 N–H and O–H groups in total. The molecule has 0 radical (unpaired) electrons. The lowest BCUT2D eigenvalue weighted by Gasteiger charge is -2.22. The van der Waals surface area contributed by atoms with Crippen molar-refractivity contribution in [2.24, 2.45) is 0 Å². The van der Waals surface area contributed by atoms with Crippen LogP contribution in [0.4, 0.5) is 0 Å². The molecule has 0 unspecified atom stereocenters. The Hall–Kier alpha value is -4.30. The van der Waals surface area contributed by atoms with Gasteiger partial charge in [0.1, 0.15) is 5.82 Å². The van der Waals surface area contributed by atoms with Crippen molar-refractivity contribution in [3.63, 3.8) is 0 Å². The van der Waals surface area contributed by atoms with E-state index in [0.717, 1.165) is 11.1 Å². The summed E-state index contributed by atoms with van der Waals surface area (Å²) in [6.07, 6.45) is 0.444. The molecule has 5 aromatic rings. The Morgan fingerprint density at radius 2 is 1.67 bits per heavy atom. The molecule has 9 heteroatoms. The molecule has 5 rings (SSSR count). The fourth-order valence-corrected chi connectivity index (χ4v) is 4.00. The second-order valence-corrected chi connectivity index (χ2v) is 8.72. The molecule has 0 atom stereocenters. The van der Waals surface area contributed by atoms with E-state index in [0.29, 0.717) is 40.0 Å². The van der Waals surface area contributed by atoms with E-state index in [4.69, 9.17) is 16.1 Å². The van der Waals surface area contributed by atoms with Gasteiger partial charge >= 0.3 is 0 Å². The minimum atomic E-state index is -0.233. The topological polar surface area (TPSA) is 105 Å². The van der Waals surface area contributed by atoms with Crippen LogP contribution in [0, 0.1) is 0 Å². The van der Waals surface area contributed by atoms with Gasteiger partial charge in [-0.25, -0.2) is 4.98 Å². The summed E-state index contributed by atoms with van der Waals surface area (Å²) in [5.41, 5.74) is 2.10. The summed E-state index contributed by atoms with van der Waals surface area (Å²) in [7, 11) is 0. The molecule has 0 saturated carbocycles. The summed E-state index contributed by atoms with van der Waals surface area (Å²) < 4.78 is 5.36. The first kappa shape index (κ1) is 23.4. The number of rotatable bonds is 8. The monoisotopic (exact) mass is 499 g/mol. The van der Waals surface area contributed by atoms with Gasteiger partial charge in [-0.1, -0.05) is 59.2 Å². The van der Waals surface area contributed by atoms with E-state index >= 15 is 0 Å². The molecular formula is C27H22ClN5O3. The van der Waals surface area contributed by atoms with Crippen LogP contribution in [0.2, 0.25) is 5.02 Å². The van der Waals surface area contributed by atoms with Crippen molar-refractivity contribution in [1.29, 1.82) is 0 Å². The molecule has 0 aliphatic carbocycles. The van der Waals surface area contributed by atoms with Crippen LogP contribution in [0.25, 0.3) is 22.3 Å². The average Bonchev–Trinajstić information content (AvgIpc) is 3.37. The third-order valence-electron chi connectivity index (χ3n) is 5.69. The number of amides is 1. The number of nitrogens with one attached hydrogen (secondary N) is 1. The highest BCUT2D eigenvalue weighted by Crippen LogP contribution is 2.19. The number of benzene rings is 3. The van der Waals surface area contributed by atoms with Crippen LogP contribution in [0.3, 0.4) is 0 Å². The van der Waals surface area contributed by atoms with Gasteiger partial charge in [0.2, 0.25) is 17.6 Å². The molecule has 1 amide bonds. The van der Waals surface area contributed by atoms with Crippen molar-refractivity contribution >= 4 is 28.4 Å². The van der Waals surface area contributed by atoms with Crippen molar-refractivity contribution in [2.75, 3.05) is 0 Å². The second kappa shape index (κ2) is 10.5. The zero-order valence-corrected chi connectivity index (χ0v) is 20.0. The van der Waals surface area contributed by atoms with Crippen LogP contribution in [-0.2, 0) is 24.3 Å². The zero-order valence-electron chi connectivity index (χ0n) is 19.2. The Morgan fingerprint density at radius 3 is 2.47 bits per heavy atom. The lowest BCUT2D eigenvalue weighted by atomic mass is 10.2. The fourth-order valence-electron chi connectivity index (χ4n) is 3.87. The van der Waals surface area contributed by atoms with E-state index < -0.39 is 0 Å². The highest BCUT2D eigenvalue weighted by molar-refractivity contribution is 6.30. The van der Waals surface area contributed by atoms with Crippen LogP contribution in [-0.4, -0.2) is 30.9 Å². The third kappa shape index (κ3) is 5.50. The van der Waals surface area contributed by atoms with Gasteiger partial charge in [-0.3, -0.25) is 9.59 Å². The van der Waals surface area contributed by atoms with E-state index in [1.165, 1.54) is 0 Å². The maximum atomic E-state index is 13.3. The van der Waals surface area contributed by atoms with Crippen molar-refractivity contribution in [1.82, 2.24) is 25.0 Å². The smallest absolute Gasteiger partial charge is 0.258 e. The second-order valence-electron chi connectivity index (χ2n) is 8.28. The molecule has 36 heavy (non-hydrogen) atoms. The standard InChI is InChI=1S/C27H22ClN5O3/c28-20-12-10-19(11-13-20)26-31-24(36-32-26)14-15-25(34)33(16-18-6-2-1-3-7-18)17-23-29-22-9-5-4-8-21(22)27(35)30-23/h1-13H,14-17H2,(H,29,30,35). The third-order valence-corrected chi connectivity index (χ3v) is 5.95. The number of aryl methyl sites for hydroxylation is 1. The molecule has 2 aromatic heterocycles. The largest absolute Gasteiger partial charge is 0.339 e. The van der Waals surface area contributed by atoms with Gasteiger partial charge in [0, 0.05) is 30.0 Å². The van der Waals surface area contributed by atoms with Crippen LogP contribution in [0.15, 0.2) is 88.2 Å². The number of aromatic amines is 1. The molecule has 8 nitrogen and oxygen atoms in total. The van der Waals surface area contributed by atoms with Crippen LogP contribution in [0.1, 0.15) is 23.7 Å². The summed E-state index contributed by atoms with van der Waals surface area (Å²) in [4.78, 5) is 39.3. The summed E-state index contributed by atoms with van der Waals surface area (Å²) in [6.45, 7) is 0.531. The van der Waals surface area contributed by atoms with Gasteiger partial charge in [0.25, 0.3) is 5.56 Å². The summed E-state index contributed by atoms with van der Waals surface area (Å²) in [5, 5.41) is 5.14. The van der Waals surface area contributed by atoms with E-state index in [9.17, 15) is 9.59 Å². The Labute approximate surface area is 211 Å². The van der Waals surface area contributed by atoms with Crippen LogP contribution < -0.4 is 5.56 Å². The fraction of sp³-hybridized carbons (Fsp3) is 0.148. The van der Waals surface area contributed by atoms with Crippen molar-refractivity contribution in [3.8, 4) is 11.4 Å². The number of para-hydroxylation sites is 1. The molecule has 180 valence electrons. The number of carbonyl (C=O) groups is 1. The van der Waals surface area contributed by atoms with Crippen molar-refractivity contribution < 1.29 is 9.32 Å². The van der Waals surface area contributed by atoms with E-state index in [-0.39, 0.29) is 30.9 Å². The number of carbonyl (C=O) groups excluding carboxylic acids is 1. The predicted octanol–water partition coefficient (Wildman–Crippen LogP) is 4.79. The number of hydrogen-bond acceptors (Lipinski definition) is 6. The van der Waals surface area contributed by atoms with Gasteiger partial charge in [-0.2, -0.15) is 4.98 Å². The molecule has 0 bridgehead atoms. The SMILES string of the molecule is O=C(CCc1nc(-c2ccc(Cl)cc2)no1)N(Cc1ccccc1)Cc1nc2ccccc2c(=O)[nH]1. The normalized spacial score (nSPS) is 11.0. The van der Waals surface area contributed by atoms with Gasteiger partial charge in [-0.15, -0.1) is 0 Å². The summed E-state index contributed by atoms with van der Waals surface area (Å²) >= 11 is 5.94. The molecule has 0 aliphatic heterocycles. The number of hydrogen-bond donors (Lipinski definition) is 1. The highest BCUT2D eigenvalue weighted by Gasteiger charge is 2.18. The highest BCUT2D eigenvalue weighted by atomic mass is 35.5. The van der Waals surface area contributed by atoms with Gasteiger partial charge < -0.3 is 14.4 Å². The molecular weight excluding hydrogens is 478 g/mol. The number of fused-ring (bicyclic) bond motifs is 1. The Balaban J connectivity index is 1.33. The molecule has 3 aromatic carbocycles. The van der Waals surface area contributed by atoms with Crippen LogP contribution >= 0.6 is 11.6 Å². The zero-order chi connectivity index (χ0) is 24.9. The number of H-pyrrole nitrogens is 1. The molecule has 0 fully saturated rings. The Kier molecular flexibility index (Phi) is 6.86. The van der Waals surface area contributed by atoms with Gasteiger partial charge in [0.05, 0.1) is 17.4 Å². The minimum absolute atomic E-state index is 0.124. The number of halogens is 1. The lowest BCUT2D eigenvalue weighted by molar-refractivity contribution is -0.132. The predicted molar refractivity (Wildman–Crippen MR) is 136 cm³/mol. The maximum absolute atomic E-state index is 13.3. The molecule has 2 heterocycles. The molecule has 0 saturated heterocycles. The summed E-state index contributed by atoms with van der Waals surface area (Å²) in [6, 6.07) is 23.9. The molecule has 0 aliphatic rings. The quantitative estimate of drug-likeness (QED) is 0.329. The minimum Gasteiger partial charge on any atom is -0.339 e. The van der Waals surface area contributed by atoms with Gasteiger partial charge in [0.15, 0.2) is 0 Å². The van der Waals surface area contributed by atoms with Crippen molar-refractivity contribution in [2.45, 2.75) is 25.9 Å². The number of nitrogens with zero attached hydrogens (tertiary/aromatic N) is 4. The molecule has 0 spiro atoms. The van der Waals surface area contributed by atoms with E-state index in [1.54, 1.807) is 47.4 Å². The first-order valence-corrected chi connectivity index (χ1v) is 11.8. The first-order valence-electron chi connectivity index (χ1n) is 11.4. The average molecular weight is 500 g/mol. The van der Waals surface area contributed by atoms with Crippen LogP contribution in [0.5, 0.6) is 0 Å². The first-order chi connectivity index (χ1) is 17.5. The van der Waals surface area contributed by atoms with E-state index in [1.807, 2.05) is 36.4 Å². The lowest BCUT2D eigenvalue weighted by Crippen LogP contribution is -2.32. The van der Waals surface area contributed by atoms with Crippen molar-refractivity contribution in [3.05, 3.63) is 112 Å².